The van der Waals surface area contributed by atoms with E-state index in [4.69, 9.17) is 5.11 Å². The zero-order valence-corrected chi connectivity index (χ0v) is 5.55. The molecule has 54 valence electrons. The molecule has 0 aliphatic carbocycles. The van der Waals surface area contributed by atoms with Crippen LogP contribution >= 0.6 is 0 Å². The standard InChI is InChI=1S/C6H12FNO/c1-8-3-2-5(7)6(9)4-8/h5-6,9H,2-4H2,1H3/t5-,6+/m0/s1. The number of aliphatic hydroxyl groups is 1. The third kappa shape index (κ3) is 1.63. The zero-order valence-electron chi connectivity index (χ0n) is 5.55. The van der Waals surface area contributed by atoms with Gasteiger partial charge in [0.1, 0.15) is 6.17 Å². The van der Waals surface area contributed by atoms with Gasteiger partial charge >= 0.3 is 0 Å². The first kappa shape index (κ1) is 6.96. The minimum atomic E-state index is -0.999. The molecule has 1 heterocycles. The third-order valence-electron chi connectivity index (χ3n) is 1.70. The topological polar surface area (TPSA) is 23.5 Å². The van der Waals surface area contributed by atoms with Gasteiger partial charge in [-0.1, -0.05) is 0 Å². The maximum absolute atomic E-state index is 12.5. The monoisotopic (exact) mass is 133 g/mol. The number of nitrogens with zero attached hydrogens (tertiary/aromatic N) is 1. The van der Waals surface area contributed by atoms with Crippen LogP contribution in [0.2, 0.25) is 0 Å². The molecule has 0 aromatic heterocycles. The van der Waals surface area contributed by atoms with Gasteiger partial charge < -0.3 is 10.0 Å². The van der Waals surface area contributed by atoms with Gasteiger partial charge in [-0.3, -0.25) is 0 Å². The Kier molecular flexibility index (Phi) is 2.03. The van der Waals surface area contributed by atoms with Crippen LogP contribution in [0.25, 0.3) is 0 Å². The molecule has 1 saturated heterocycles. The third-order valence-corrected chi connectivity index (χ3v) is 1.70. The Balaban J connectivity index is 2.35. The molecule has 2 atom stereocenters. The summed E-state index contributed by atoms with van der Waals surface area (Å²) in [5.41, 5.74) is 0. The van der Waals surface area contributed by atoms with Gasteiger partial charge in [-0.15, -0.1) is 0 Å². The second kappa shape index (κ2) is 2.62. The lowest BCUT2D eigenvalue weighted by Crippen LogP contribution is -2.42. The van der Waals surface area contributed by atoms with Crippen molar-refractivity contribution in [2.75, 3.05) is 20.1 Å². The highest BCUT2D eigenvalue weighted by molar-refractivity contribution is 4.77. The Labute approximate surface area is 54.3 Å². The average molecular weight is 133 g/mol. The molecule has 1 aliphatic rings. The van der Waals surface area contributed by atoms with Gasteiger partial charge in [-0.2, -0.15) is 0 Å². The molecule has 3 heteroatoms. The van der Waals surface area contributed by atoms with Gasteiger partial charge in [0, 0.05) is 13.1 Å². The van der Waals surface area contributed by atoms with Crippen LogP contribution in [0.3, 0.4) is 0 Å². The summed E-state index contributed by atoms with van der Waals surface area (Å²) in [5.74, 6) is 0. The fourth-order valence-corrected chi connectivity index (χ4v) is 1.06. The summed E-state index contributed by atoms with van der Waals surface area (Å²) in [6.07, 6.45) is -1.29. The maximum atomic E-state index is 12.5. The summed E-state index contributed by atoms with van der Waals surface area (Å²) in [7, 11) is 1.88. The molecule has 1 fully saturated rings. The normalized spacial score (nSPS) is 39.0. The van der Waals surface area contributed by atoms with Crippen LogP contribution < -0.4 is 0 Å². The van der Waals surface area contributed by atoms with E-state index in [0.717, 1.165) is 6.54 Å². The van der Waals surface area contributed by atoms with Crippen LogP contribution in [0, 0.1) is 0 Å². The molecule has 0 aromatic carbocycles. The molecule has 0 radical (unpaired) electrons. The van der Waals surface area contributed by atoms with E-state index in [0.29, 0.717) is 13.0 Å². The highest BCUT2D eigenvalue weighted by atomic mass is 19.1. The molecule has 0 aromatic rings. The van der Waals surface area contributed by atoms with Crippen molar-refractivity contribution >= 4 is 0 Å². The van der Waals surface area contributed by atoms with Gasteiger partial charge in [-0.25, -0.2) is 4.39 Å². The van der Waals surface area contributed by atoms with Gasteiger partial charge in [0.25, 0.3) is 0 Å². The summed E-state index contributed by atoms with van der Waals surface area (Å²) in [5, 5.41) is 8.93. The summed E-state index contributed by atoms with van der Waals surface area (Å²) in [6, 6.07) is 0. The number of alkyl halides is 1. The SMILES string of the molecule is CN1CC[C@H](F)[C@H](O)C1. The number of likely N-dealkylation sites (N-methyl/N-ethyl adjacent to an activating group) is 1. The summed E-state index contributed by atoms with van der Waals surface area (Å²) < 4.78 is 12.5. The minimum Gasteiger partial charge on any atom is -0.389 e. The molecular formula is C6H12FNO. The number of halogens is 1. The highest BCUT2D eigenvalue weighted by Gasteiger charge is 2.24. The molecular weight excluding hydrogens is 121 g/mol. The number of likely N-dealkylation sites (tertiary alicyclic amines) is 1. The Morgan fingerprint density at radius 3 is 2.78 bits per heavy atom. The van der Waals surface area contributed by atoms with Crippen LogP contribution in [-0.4, -0.2) is 42.4 Å². The van der Waals surface area contributed by atoms with E-state index in [1.807, 2.05) is 11.9 Å². The Bertz CT molecular complexity index is 99.1. The predicted octanol–water partition coefficient (Wildman–Crippen LogP) is 0.0209. The molecule has 1 rings (SSSR count). The first-order valence-electron chi connectivity index (χ1n) is 3.21. The number of hydrogen-bond acceptors (Lipinski definition) is 2. The van der Waals surface area contributed by atoms with Crippen LogP contribution in [0.1, 0.15) is 6.42 Å². The quantitative estimate of drug-likeness (QED) is 0.503. The summed E-state index contributed by atoms with van der Waals surface area (Å²) in [4.78, 5) is 1.93. The molecule has 0 saturated carbocycles. The van der Waals surface area contributed by atoms with Crippen molar-refractivity contribution < 1.29 is 9.50 Å². The van der Waals surface area contributed by atoms with E-state index in [9.17, 15) is 4.39 Å². The molecule has 0 spiro atoms. The molecule has 1 N–H and O–H groups in total. The van der Waals surface area contributed by atoms with Crippen LogP contribution in [0.15, 0.2) is 0 Å². The molecule has 0 amide bonds. The van der Waals surface area contributed by atoms with Crippen molar-refractivity contribution in [3.63, 3.8) is 0 Å². The van der Waals surface area contributed by atoms with Gasteiger partial charge in [-0.05, 0) is 13.5 Å². The fraction of sp³-hybridized carbons (Fsp3) is 1.00. The predicted molar refractivity (Wildman–Crippen MR) is 33.0 cm³/mol. The van der Waals surface area contributed by atoms with Crippen LogP contribution in [0.5, 0.6) is 0 Å². The lowest BCUT2D eigenvalue weighted by molar-refractivity contribution is 0.0126. The number of rotatable bonds is 0. The van der Waals surface area contributed by atoms with Crippen molar-refractivity contribution in [2.45, 2.75) is 18.7 Å². The smallest absolute Gasteiger partial charge is 0.128 e. The fourth-order valence-electron chi connectivity index (χ4n) is 1.06. The zero-order chi connectivity index (χ0) is 6.85. The average Bonchev–Trinajstić information content (AvgIpc) is 1.80. The second-order valence-electron chi connectivity index (χ2n) is 2.63. The van der Waals surface area contributed by atoms with Crippen molar-refractivity contribution in [3.05, 3.63) is 0 Å². The lowest BCUT2D eigenvalue weighted by atomic mass is 10.1. The highest BCUT2D eigenvalue weighted by Crippen LogP contribution is 2.11. The largest absolute Gasteiger partial charge is 0.389 e. The van der Waals surface area contributed by atoms with E-state index < -0.39 is 12.3 Å². The number of hydrogen-bond donors (Lipinski definition) is 1. The summed E-state index contributed by atoms with van der Waals surface area (Å²) >= 11 is 0. The number of piperidine rings is 1. The Morgan fingerprint density at radius 2 is 2.33 bits per heavy atom. The Morgan fingerprint density at radius 1 is 1.67 bits per heavy atom. The van der Waals surface area contributed by atoms with E-state index in [1.165, 1.54) is 0 Å². The second-order valence-corrected chi connectivity index (χ2v) is 2.63. The number of aliphatic hydroxyl groups excluding tert-OH is 1. The molecule has 2 nitrogen and oxygen atoms in total. The molecule has 0 unspecified atom stereocenters. The van der Waals surface area contributed by atoms with Crippen molar-refractivity contribution in [2.24, 2.45) is 0 Å². The van der Waals surface area contributed by atoms with Crippen molar-refractivity contribution in [1.82, 2.24) is 4.90 Å². The minimum absolute atomic E-state index is 0.470. The van der Waals surface area contributed by atoms with Gasteiger partial charge in [0.2, 0.25) is 0 Å². The molecule has 9 heavy (non-hydrogen) atoms. The van der Waals surface area contributed by atoms with Crippen LogP contribution in [-0.2, 0) is 0 Å². The van der Waals surface area contributed by atoms with E-state index >= 15 is 0 Å². The maximum Gasteiger partial charge on any atom is 0.128 e. The van der Waals surface area contributed by atoms with E-state index in [1.54, 1.807) is 0 Å². The van der Waals surface area contributed by atoms with Crippen molar-refractivity contribution in [1.29, 1.82) is 0 Å². The molecule has 0 bridgehead atoms. The van der Waals surface area contributed by atoms with Gasteiger partial charge in [0.15, 0.2) is 0 Å². The first-order chi connectivity index (χ1) is 4.20. The van der Waals surface area contributed by atoms with Crippen LogP contribution in [0.4, 0.5) is 4.39 Å². The summed E-state index contributed by atoms with van der Waals surface area (Å²) in [6.45, 7) is 1.24. The van der Waals surface area contributed by atoms with Gasteiger partial charge in [0.05, 0.1) is 6.10 Å². The molecule has 1 aliphatic heterocycles. The Hall–Kier alpha value is -0.150. The van der Waals surface area contributed by atoms with Crippen molar-refractivity contribution in [3.8, 4) is 0 Å². The first-order valence-corrected chi connectivity index (χ1v) is 3.21. The van der Waals surface area contributed by atoms with E-state index in [-0.39, 0.29) is 0 Å². The lowest BCUT2D eigenvalue weighted by Gasteiger charge is -2.28. The van der Waals surface area contributed by atoms with E-state index in [2.05, 4.69) is 0 Å². The number of β-amino-alcohol motifs (C(OH)–C–C–N with tert-alkyl or cyclic N) is 1.